The second kappa shape index (κ2) is 10.3. The normalized spacial score (nSPS) is 12.7. The van der Waals surface area contributed by atoms with Crippen molar-refractivity contribution >= 4 is 0 Å². The van der Waals surface area contributed by atoms with E-state index in [1.165, 1.54) is 45.9 Å². The summed E-state index contributed by atoms with van der Waals surface area (Å²) in [5.74, 6) is 1.56. The van der Waals surface area contributed by atoms with Crippen molar-refractivity contribution in [1.29, 1.82) is 0 Å². The molecule has 37 heavy (non-hydrogen) atoms. The quantitative estimate of drug-likeness (QED) is 0.114. The summed E-state index contributed by atoms with van der Waals surface area (Å²) in [6.45, 7) is 11.5. The monoisotopic (exact) mass is 490 g/mol. The van der Waals surface area contributed by atoms with Gasteiger partial charge in [0.15, 0.2) is 0 Å². The number of rotatable bonds is 10. The first-order valence-electron chi connectivity index (χ1n) is 12.2. The first-order chi connectivity index (χ1) is 18.1. The molecule has 0 saturated heterocycles. The van der Waals surface area contributed by atoms with Crippen LogP contribution in [0.2, 0.25) is 0 Å². The Morgan fingerprint density at radius 1 is 0.622 bits per heavy atom. The second-order valence-electron chi connectivity index (χ2n) is 8.99. The number of benzene rings is 4. The molecule has 0 heterocycles. The van der Waals surface area contributed by atoms with Gasteiger partial charge in [-0.25, -0.2) is 0 Å². The molecule has 0 radical (unpaired) electrons. The summed E-state index contributed by atoms with van der Waals surface area (Å²) in [6, 6.07) is 30.2. The van der Waals surface area contributed by atoms with Crippen LogP contribution in [-0.2, 0) is 14.9 Å². The lowest BCUT2D eigenvalue weighted by molar-refractivity contribution is 0.0798. The van der Waals surface area contributed by atoms with Crippen molar-refractivity contribution in [3.05, 3.63) is 144 Å². The van der Waals surface area contributed by atoms with E-state index in [2.05, 4.69) is 99.8 Å². The van der Waals surface area contributed by atoms with E-state index in [1.807, 2.05) is 12.1 Å². The maximum Gasteiger partial charge on any atom is 0.229 e. The van der Waals surface area contributed by atoms with Gasteiger partial charge in [0, 0.05) is 0 Å². The van der Waals surface area contributed by atoms with Gasteiger partial charge in [0.25, 0.3) is 0 Å². The molecule has 1 aliphatic rings. The summed E-state index contributed by atoms with van der Waals surface area (Å²) in [6.07, 6.45) is 2.76. The van der Waals surface area contributed by atoms with Gasteiger partial charge in [0.1, 0.15) is 11.5 Å². The third-order valence-electron chi connectivity index (χ3n) is 6.97. The molecule has 0 unspecified atom stereocenters. The lowest BCUT2D eigenvalue weighted by Gasteiger charge is -2.34. The summed E-state index contributed by atoms with van der Waals surface area (Å²) in [5.41, 5.74) is 8.89. The van der Waals surface area contributed by atoms with Gasteiger partial charge in [0.05, 0.1) is 17.9 Å². The smallest absolute Gasteiger partial charge is 0.229 e. The summed E-state index contributed by atoms with van der Waals surface area (Å²) in [5, 5.41) is 0. The van der Waals surface area contributed by atoms with Gasteiger partial charge in [-0.05, 0) is 70.5 Å². The Bertz CT molecular complexity index is 1340. The summed E-state index contributed by atoms with van der Waals surface area (Å²) < 4.78 is 22.0. The van der Waals surface area contributed by atoms with E-state index in [0.29, 0.717) is 0 Å². The third-order valence-corrected chi connectivity index (χ3v) is 6.97. The van der Waals surface area contributed by atoms with Crippen LogP contribution in [0, 0.1) is 13.8 Å². The van der Waals surface area contributed by atoms with Crippen molar-refractivity contribution in [1.82, 2.24) is 0 Å². The molecule has 0 bridgehead atoms. The lowest BCUT2D eigenvalue weighted by atomic mass is 9.67. The molecule has 1 aliphatic carbocycles. The second-order valence-corrected chi connectivity index (χ2v) is 8.99. The molecule has 0 amide bonds. The zero-order chi connectivity index (χ0) is 25.8. The molecule has 0 aromatic heterocycles. The van der Waals surface area contributed by atoms with E-state index in [0.717, 1.165) is 22.6 Å². The molecular weight excluding hydrogens is 460 g/mol. The van der Waals surface area contributed by atoms with Crippen LogP contribution >= 0.6 is 0 Å². The minimum atomic E-state index is -0.505. The van der Waals surface area contributed by atoms with Crippen LogP contribution in [0.4, 0.5) is 0 Å². The highest BCUT2D eigenvalue weighted by atomic mass is 16.7. The average Bonchev–Trinajstić information content (AvgIpc) is 3.22. The number of fused-ring (bicyclic) bond motifs is 3. The van der Waals surface area contributed by atoms with Crippen LogP contribution in [0.25, 0.3) is 11.1 Å². The van der Waals surface area contributed by atoms with Gasteiger partial charge < -0.3 is 18.9 Å². The highest BCUT2D eigenvalue weighted by Gasteiger charge is 2.46. The first kappa shape index (κ1) is 24.3. The molecule has 4 aromatic carbocycles. The first-order valence-corrected chi connectivity index (χ1v) is 12.2. The van der Waals surface area contributed by atoms with Crippen molar-refractivity contribution in [2.45, 2.75) is 19.3 Å². The van der Waals surface area contributed by atoms with Crippen LogP contribution in [0.1, 0.15) is 33.4 Å². The molecule has 4 nitrogen and oxygen atoms in total. The Morgan fingerprint density at radius 2 is 1.05 bits per heavy atom. The minimum Gasteiger partial charge on any atom is -0.466 e. The van der Waals surface area contributed by atoms with Crippen LogP contribution in [0.3, 0.4) is 0 Å². The predicted molar refractivity (Wildman–Crippen MR) is 147 cm³/mol. The highest BCUT2D eigenvalue weighted by Crippen LogP contribution is 2.56. The van der Waals surface area contributed by atoms with E-state index in [4.69, 9.17) is 18.9 Å². The minimum absolute atomic E-state index is 0.122. The van der Waals surface area contributed by atoms with E-state index < -0.39 is 5.41 Å². The predicted octanol–water partition coefficient (Wildman–Crippen LogP) is 7.66. The van der Waals surface area contributed by atoms with E-state index in [-0.39, 0.29) is 13.6 Å². The van der Waals surface area contributed by atoms with E-state index >= 15 is 0 Å². The fourth-order valence-corrected chi connectivity index (χ4v) is 5.40. The average molecular weight is 491 g/mol. The fraction of sp³-hybridized carbons (Fsp3) is 0.152. The molecule has 0 saturated carbocycles. The SMILES string of the molecule is C=COCOc1ccc(C2(c3ccc(OCOC=C)c(C)c3)c3ccccc3-c3ccccc32)cc1C. The maximum atomic E-state index is 5.83. The molecule has 0 N–H and O–H groups in total. The molecule has 0 fully saturated rings. The molecule has 5 rings (SSSR count). The molecule has 186 valence electrons. The highest BCUT2D eigenvalue weighted by molar-refractivity contribution is 5.86. The summed E-state index contributed by atoms with van der Waals surface area (Å²) in [4.78, 5) is 0. The standard InChI is InChI=1S/C33H30O4/c1-5-34-21-36-31-17-15-25(19-23(31)3)33(26-16-18-32(24(4)20-26)37-22-35-6-2)29-13-9-7-11-27(29)28-12-8-10-14-30(28)33/h5-20H,1-2,21-22H2,3-4H3. The Labute approximate surface area is 218 Å². The van der Waals surface area contributed by atoms with Crippen molar-refractivity contribution in [2.75, 3.05) is 13.6 Å². The van der Waals surface area contributed by atoms with Gasteiger partial charge in [-0.3, -0.25) is 0 Å². The number of ether oxygens (including phenoxy) is 4. The zero-order valence-corrected chi connectivity index (χ0v) is 21.2. The van der Waals surface area contributed by atoms with Crippen molar-refractivity contribution < 1.29 is 18.9 Å². The van der Waals surface area contributed by atoms with Gasteiger partial charge in [-0.15, -0.1) is 0 Å². The third kappa shape index (κ3) is 4.15. The number of hydrogen-bond donors (Lipinski definition) is 0. The molecular formula is C33H30O4. The number of hydrogen-bond acceptors (Lipinski definition) is 4. The Morgan fingerprint density at radius 3 is 1.46 bits per heavy atom. The van der Waals surface area contributed by atoms with Crippen molar-refractivity contribution in [2.24, 2.45) is 0 Å². The fourth-order valence-electron chi connectivity index (χ4n) is 5.40. The number of aryl methyl sites for hydroxylation is 2. The Kier molecular flexibility index (Phi) is 6.74. The Balaban J connectivity index is 1.72. The summed E-state index contributed by atoms with van der Waals surface area (Å²) >= 11 is 0. The molecule has 4 aromatic rings. The van der Waals surface area contributed by atoms with Crippen molar-refractivity contribution in [3.8, 4) is 22.6 Å². The van der Waals surface area contributed by atoms with Crippen LogP contribution in [-0.4, -0.2) is 13.6 Å². The van der Waals surface area contributed by atoms with Gasteiger partial charge in [0.2, 0.25) is 13.6 Å². The molecule has 0 aliphatic heterocycles. The summed E-state index contributed by atoms with van der Waals surface area (Å²) in [7, 11) is 0. The topological polar surface area (TPSA) is 36.9 Å². The van der Waals surface area contributed by atoms with Crippen molar-refractivity contribution in [3.63, 3.8) is 0 Å². The van der Waals surface area contributed by atoms with E-state index in [9.17, 15) is 0 Å². The van der Waals surface area contributed by atoms with Gasteiger partial charge in [-0.1, -0.05) is 86.0 Å². The van der Waals surface area contributed by atoms with Crippen LogP contribution in [0.15, 0.2) is 111 Å². The molecule has 4 heteroatoms. The largest absolute Gasteiger partial charge is 0.466 e. The zero-order valence-electron chi connectivity index (χ0n) is 21.2. The molecule has 0 atom stereocenters. The lowest BCUT2D eigenvalue weighted by Crippen LogP contribution is -2.29. The maximum absolute atomic E-state index is 5.83. The molecule has 0 spiro atoms. The van der Waals surface area contributed by atoms with Gasteiger partial charge >= 0.3 is 0 Å². The van der Waals surface area contributed by atoms with E-state index in [1.54, 1.807) is 0 Å². The van der Waals surface area contributed by atoms with Gasteiger partial charge in [-0.2, -0.15) is 0 Å². The van der Waals surface area contributed by atoms with Crippen LogP contribution in [0.5, 0.6) is 11.5 Å². The Hall–Kier alpha value is -4.44. The van der Waals surface area contributed by atoms with Crippen LogP contribution < -0.4 is 9.47 Å².